The molecule has 0 unspecified atom stereocenters. The molecule has 0 spiro atoms. The van der Waals surface area contributed by atoms with Crippen molar-refractivity contribution in [1.82, 2.24) is 4.98 Å². The van der Waals surface area contributed by atoms with Crippen LogP contribution >= 0.6 is 0 Å². The van der Waals surface area contributed by atoms with Gasteiger partial charge in [-0.25, -0.2) is 0 Å². The molecule has 0 saturated heterocycles. The van der Waals surface area contributed by atoms with Crippen LogP contribution in [0.25, 0.3) is 0 Å². The number of amides is 1. The molecule has 2 heterocycles. The first-order valence-corrected chi connectivity index (χ1v) is 15.2. The van der Waals surface area contributed by atoms with Crippen molar-refractivity contribution in [2.75, 3.05) is 11.4 Å². The van der Waals surface area contributed by atoms with Gasteiger partial charge in [-0.05, 0) is 123 Å². The van der Waals surface area contributed by atoms with E-state index in [4.69, 9.17) is 0 Å². The lowest BCUT2D eigenvalue weighted by molar-refractivity contribution is -0.174. The Hall–Kier alpha value is -1.46. The quantitative estimate of drug-likeness (QED) is 0.548. The van der Waals surface area contributed by atoms with Crippen LogP contribution in [0.1, 0.15) is 96.4 Å². The lowest BCUT2D eigenvalue weighted by Gasteiger charge is -2.62. The van der Waals surface area contributed by atoms with Crippen LogP contribution in [0.2, 0.25) is 0 Å². The molecule has 0 radical (unpaired) electrons. The van der Waals surface area contributed by atoms with Gasteiger partial charge < -0.3 is 15.1 Å². The van der Waals surface area contributed by atoms with Gasteiger partial charge in [0.15, 0.2) is 0 Å². The number of aromatic nitrogens is 1. The topological polar surface area (TPSA) is 73.7 Å². The highest BCUT2D eigenvalue weighted by molar-refractivity contribution is 5.95. The predicted molar refractivity (Wildman–Crippen MR) is 146 cm³/mol. The number of anilines is 1. The van der Waals surface area contributed by atoms with E-state index in [1.54, 1.807) is 0 Å². The summed E-state index contributed by atoms with van der Waals surface area (Å²) < 4.78 is 0. The van der Waals surface area contributed by atoms with E-state index in [2.05, 4.69) is 31.8 Å². The molecule has 37 heavy (non-hydrogen) atoms. The van der Waals surface area contributed by atoms with Crippen molar-refractivity contribution in [2.45, 2.75) is 111 Å². The van der Waals surface area contributed by atoms with Crippen LogP contribution in [0.4, 0.5) is 5.69 Å². The third-order valence-corrected chi connectivity index (χ3v) is 12.5. The molecule has 1 aromatic rings. The maximum atomic E-state index is 13.2. The first-order valence-electron chi connectivity index (χ1n) is 15.2. The highest BCUT2D eigenvalue weighted by Gasteiger charge is 2.62. The smallest absolute Gasteiger partial charge is 0.227 e. The molecule has 5 heteroatoms. The van der Waals surface area contributed by atoms with Crippen LogP contribution in [0.3, 0.4) is 0 Å². The second-order valence-electron chi connectivity index (χ2n) is 14.2. The molecule has 4 aliphatic carbocycles. The first kappa shape index (κ1) is 25.8. The minimum Gasteiger partial charge on any atom is -0.393 e. The molecule has 4 saturated carbocycles. The molecule has 1 amide bonds. The summed E-state index contributed by atoms with van der Waals surface area (Å²) in [6, 6.07) is 4.08. The molecule has 4 fully saturated rings. The van der Waals surface area contributed by atoms with E-state index >= 15 is 0 Å². The fourth-order valence-corrected chi connectivity index (χ4v) is 10.5. The van der Waals surface area contributed by atoms with Crippen molar-refractivity contribution < 1.29 is 15.0 Å². The lowest BCUT2D eigenvalue weighted by Crippen LogP contribution is -2.58. The zero-order valence-electron chi connectivity index (χ0n) is 23.5. The number of aryl methyl sites for hydroxylation is 1. The van der Waals surface area contributed by atoms with E-state index in [9.17, 15) is 15.0 Å². The molecule has 5 nitrogen and oxygen atoms in total. The summed E-state index contributed by atoms with van der Waals surface area (Å²) in [7, 11) is 0. The maximum absolute atomic E-state index is 13.2. The second kappa shape index (κ2) is 9.33. The Kier molecular flexibility index (Phi) is 6.50. The summed E-state index contributed by atoms with van der Waals surface area (Å²) in [5.41, 5.74) is 3.65. The molecular weight excluding hydrogens is 460 g/mol. The summed E-state index contributed by atoms with van der Waals surface area (Å²) in [5, 5.41) is 21.8. The van der Waals surface area contributed by atoms with E-state index in [-0.39, 0.29) is 28.9 Å². The second-order valence-corrected chi connectivity index (χ2v) is 14.2. The van der Waals surface area contributed by atoms with Gasteiger partial charge in [-0.3, -0.25) is 9.78 Å². The van der Waals surface area contributed by atoms with E-state index in [0.29, 0.717) is 41.9 Å². The standard InChI is InChI=1S/C32H48N2O3/c1-19(5-10-29(37)34-16-13-26-27(34)9-6-20(2)33-26)23-7-8-24-30-25(12-15-32(23,24)4)31(3)14-11-22(35)17-21(31)18-28(30)36/h6,9,19,21-25,28,30,35-36H,5,7-8,10-18H2,1-4H3/t19-,21+,22-,23-,24+,25+,28+,30+,31+,32-/m1/s1. The van der Waals surface area contributed by atoms with Crippen molar-refractivity contribution in [1.29, 1.82) is 0 Å². The molecule has 0 aromatic carbocycles. The van der Waals surface area contributed by atoms with Gasteiger partial charge in [-0.15, -0.1) is 0 Å². The molecule has 204 valence electrons. The number of aliphatic hydroxyl groups is 2. The number of pyridine rings is 1. The highest BCUT2D eigenvalue weighted by atomic mass is 16.3. The number of carbonyl (C=O) groups excluding carboxylic acids is 1. The maximum Gasteiger partial charge on any atom is 0.227 e. The van der Waals surface area contributed by atoms with Crippen molar-refractivity contribution in [2.24, 2.45) is 46.3 Å². The first-order chi connectivity index (χ1) is 17.6. The normalized spacial score (nSPS) is 43.5. The number of hydrogen-bond acceptors (Lipinski definition) is 4. The van der Waals surface area contributed by atoms with Crippen LogP contribution in [0, 0.1) is 53.3 Å². The lowest BCUT2D eigenvalue weighted by atomic mass is 9.43. The number of rotatable bonds is 4. The van der Waals surface area contributed by atoms with Crippen molar-refractivity contribution in [3.8, 4) is 0 Å². The summed E-state index contributed by atoms with van der Waals surface area (Å²) in [4.78, 5) is 19.9. The van der Waals surface area contributed by atoms with Gasteiger partial charge in [0.05, 0.1) is 23.6 Å². The number of aliphatic hydroxyl groups excluding tert-OH is 2. The Bertz CT molecular complexity index is 1040. The van der Waals surface area contributed by atoms with Gasteiger partial charge in [0, 0.05) is 25.1 Å². The van der Waals surface area contributed by atoms with Gasteiger partial charge >= 0.3 is 0 Å². The summed E-state index contributed by atoms with van der Waals surface area (Å²) in [5.74, 6) is 3.46. The van der Waals surface area contributed by atoms with Gasteiger partial charge in [0.1, 0.15) is 0 Å². The van der Waals surface area contributed by atoms with E-state index in [1.807, 2.05) is 17.9 Å². The molecule has 1 aliphatic heterocycles. The molecular formula is C32H48N2O3. The summed E-state index contributed by atoms with van der Waals surface area (Å²) in [6.45, 7) is 10.2. The molecule has 1 aromatic heterocycles. The number of hydrogen-bond donors (Lipinski definition) is 2. The van der Waals surface area contributed by atoms with Gasteiger partial charge in [0.25, 0.3) is 0 Å². The Morgan fingerprint density at radius 3 is 2.65 bits per heavy atom. The van der Waals surface area contributed by atoms with Crippen molar-refractivity contribution >= 4 is 11.6 Å². The minimum absolute atomic E-state index is 0.176. The predicted octanol–water partition coefficient (Wildman–Crippen LogP) is 5.69. The Labute approximate surface area is 223 Å². The third kappa shape index (κ3) is 4.09. The monoisotopic (exact) mass is 508 g/mol. The van der Waals surface area contributed by atoms with Crippen molar-refractivity contribution in [3.05, 3.63) is 23.5 Å². The average Bonchev–Trinajstić information content (AvgIpc) is 3.44. The average molecular weight is 509 g/mol. The van der Waals surface area contributed by atoms with E-state index in [0.717, 1.165) is 62.1 Å². The summed E-state index contributed by atoms with van der Waals surface area (Å²) in [6.07, 6.45) is 10.8. The summed E-state index contributed by atoms with van der Waals surface area (Å²) >= 11 is 0. The SMILES string of the molecule is Cc1ccc2c(n1)CCN2C(=O)CC[C@@H](C)[C@H]1CC[C@H]2[C@@H]3[C@@H](O)C[C@@H]4C[C@H](O)CC[C@]4(C)[C@H]3CC[C@]12C. The van der Waals surface area contributed by atoms with Crippen LogP contribution in [-0.4, -0.2) is 39.9 Å². The molecule has 5 aliphatic rings. The molecule has 6 rings (SSSR count). The van der Waals surface area contributed by atoms with Gasteiger partial charge in [-0.2, -0.15) is 0 Å². The number of fused-ring (bicyclic) bond motifs is 6. The van der Waals surface area contributed by atoms with E-state index < -0.39 is 0 Å². The fraction of sp³-hybridized carbons (Fsp3) is 0.812. The zero-order chi connectivity index (χ0) is 26.1. The third-order valence-electron chi connectivity index (χ3n) is 12.5. The fourth-order valence-electron chi connectivity index (χ4n) is 10.5. The van der Waals surface area contributed by atoms with Crippen LogP contribution in [-0.2, 0) is 11.2 Å². The Morgan fingerprint density at radius 2 is 1.84 bits per heavy atom. The van der Waals surface area contributed by atoms with Gasteiger partial charge in [-0.1, -0.05) is 20.8 Å². The van der Waals surface area contributed by atoms with Crippen molar-refractivity contribution in [3.63, 3.8) is 0 Å². The van der Waals surface area contributed by atoms with E-state index in [1.165, 1.54) is 25.7 Å². The minimum atomic E-state index is -0.221. The largest absolute Gasteiger partial charge is 0.393 e. The Morgan fingerprint density at radius 1 is 1.08 bits per heavy atom. The van der Waals surface area contributed by atoms with Gasteiger partial charge in [0.2, 0.25) is 5.91 Å². The number of carbonyl (C=O) groups is 1. The zero-order valence-corrected chi connectivity index (χ0v) is 23.5. The van der Waals surface area contributed by atoms with Crippen LogP contribution in [0.15, 0.2) is 12.1 Å². The number of nitrogens with zero attached hydrogens (tertiary/aromatic N) is 2. The molecule has 2 N–H and O–H groups in total. The Balaban J connectivity index is 1.13. The van der Waals surface area contributed by atoms with Crippen LogP contribution < -0.4 is 4.90 Å². The highest BCUT2D eigenvalue weighted by Crippen LogP contribution is 2.68. The molecule has 10 atom stereocenters. The molecule has 0 bridgehead atoms. The van der Waals surface area contributed by atoms with Crippen LogP contribution in [0.5, 0.6) is 0 Å².